The Balaban J connectivity index is 1.96. The van der Waals surface area contributed by atoms with Gasteiger partial charge in [0, 0.05) is 37.6 Å². The van der Waals surface area contributed by atoms with Crippen LogP contribution in [-0.4, -0.2) is 25.2 Å². The van der Waals surface area contributed by atoms with E-state index in [1.165, 1.54) is 19.2 Å². The smallest absolute Gasteiger partial charge is 0.272 e. The monoisotopic (exact) mass is 357 g/mol. The van der Waals surface area contributed by atoms with Crippen molar-refractivity contribution >= 4 is 17.5 Å². The van der Waals surface area contributed by atoms with Gasteiger partial charge in [0.05, 0.1) is 0 Å². The topological polar surface area (TPSA) is 81.8 Å². The molecule has 0 saturated carbocycles. The summed E-state index contributed by atoms with van der Waals surface area (Å²) in [6, 6.07) is 9.39. The van der Waals surface area contributed by atoms with Crippen LogP contribution >= 0.6 is 11.6 Å². The molecule has 0 fully saturated rings. The normalized spacial score (nSPS) is 12.0. The van der Waals surface area contributed by atoms with Crippen LogP contribution in [-0.2, 0) is 14.1 Å². The van der Waals surface area contributed by atoms with Gasteiger partial charge in [0.2, 0.25) is 0 Å². The summed E-state index contributed by atoms with van der Waals surface area (Å²) >= 11 is 5.96. The van der Waals surface area contributed by atoms with Gasteiger partial charge in [-0.1, -0.05) is 23.7 Å². The fraction of sp³-hybridized carbons (Fsp3) is 0.176. The quantitative estimate of drug-likeness (QED) is 0.770. The van der Waals surface area contributed by atoms with Crippen molar-refractivity contribution in [3.05, 3.63) is 81.3 Å². The Labute approximate surface area is 148 Å². The Morgan fingerprint density at radius 3 is 2.48 bits per heavy atom. The van der Waals surface area contributed by atoms with Crippen LogP contribution in [0, 0.1) is 0 Å². The third-order valence-corrected chi connectivity index (χ3v) is 4.04. The molecule has 0 saturated heterocycles. The molecule has 2 heterocycles. The van der Waals surface area contributed by atoms with Gasteiger partial charge in [-0.05, 0) is 23.8 Å². The van der Waals surface area contributed by atoms with Gasteiger partial charge in [0.15, 0.2) is 0 Å². The first-order valence-corrected chi connectivity index (χ1v) is 7.91. The van der Waals surface area contributed by atoms with E-state index in [1.807, 2.05) is 23.7 Å². The third-order valence-electron chi connectivity index (χ3n) is 3.79. The Morgan fingerprint density at radius 2 is 1.88 bits per heavy atom. The van der Waals surface area contributed by atoms with E-state index in [9.17, 15) is 9.59 Å². The largest absolute Gasteiger partial charge is 0.337 e. The second kappa shape index (κ2) is 6.90. The Bertz CT molecular complexity index is 962. The Morgan fingerprint density at radius 1 is 1.16 bits per heavy atom. The van der Waals surface area contributed by atoms with Crippen LogP contribution in [0.2, 0.25) is 5.02 Å². The number of carbonyl (C=O) groups excluding carboxylic acids is 1. The van der Waals surface area contributed by atoms with Gasteiger partial charge in [-0.25, -0.2) is 9.67 Å². The first-order valence-electron chi connectivity index (χ1n) is 7.53. The highest BCUT2D eigenvalue weighted by Gasteiger charge is 2.22. The van der Waals surface area contributed by atoms with E-state index in [-0.39, 0.29) is 11.3 Å². The average molecular weight is 358 g/mol. The van der Waals surface area contributed by atoms with Crippen molar-refractivity contribution < 1.29 is 4.79 Å². The van der Waals surface area contributed by atoms with Gasteiger partial charge >= 0.3 is 0 Å². The molecule has 1 unspecified atom stereocenters. The number of carbonyl (C=O) groups is 1. The maximum Gasteiger partial charge on any atom is 0.272 e. The summed E-state index contributed by atoms with van der Waals surface area (Å²) in [5.41, 5.74) is 0.696. The molecule has 8 heteroatoms. The number of rotatable bonds is 4. The zero-order chi connectivity index (χ0) is 18.0. The Kier molecular flexibility index (Phi) is 4.67. The maximum atomic E-state index is 12.6. The number of aryl methyl sites for hydroxylation is 2. The van der Waals surface area contributed by atoms with E-state index in [0.29, 0.717) is 10.8 Å². The number of nitrogens with zero attached hydrogens (tertiary/aromatic N) is 4. The zero-order valence-corrected chi connectivity index (χ0v) is 14.4. The lowest BCUT2D eigenvalue weighted by atomic mass is 10.1. The van der Waals surface area contributed by atoms with Crippen molar-refractivity contribution in [3.63, 3.8) is 0 Å². The predicted molar refractivity (Wildman–Crippen MR) is 93.4 cm³/mol. The van der Waals surface area contributed by atoms with Crippen LogP contribution in [0.4, 0.5) is 0 Å². The lowest BCUT2D eigenvalue weighted by molar-refractivity contribution is 0.0934. The van der Waals surface area contributed by atoms with Crippen molar-refractivity contribution in [3.8, 4) is 0 Å². The SMILES string of the molecule is Cn1ccnc1C(NC(=O)c1ccc(=O)n(C)n1)c1ccc(Cl)cc1. The highest BCUT2D eigenvalue weighted by atomic mass is 35.5. The van der Waals surface area contributed by atoms with E-state index in [2.05, 4.69) is 15.4 Å². The number of amides is 1. The number of nitrogens with one attached hydrogen (secondary N) is 1. The molecule has 3 aromatic rings. The minimum absolute atomic E-state index is 0.148. The molecule has 7 nitrogen and oxygen atoms in total. The van der Waals surface area contributed by atoms with Crippen molar-refractivity contribution in [2.75, 3.05) is 0 Å². The van der Waals surface area contributed by atoms with E-state index >= 15 is 0 Å². The van der Waals surface area contributed by atoms with E-state index in [4.69, 9.17) is 11.6 Å². The van der Waals surface area contributed by atoms with Gasteiger partial charge in [-0.3, -0.25) is 9.59 Å². The third kappa shape index (κ3) is 3.61. The summed E-state index contributed by atoms with van der Waals surface area (Å²) in [5, 5.41) is 7.50. The van der Waals surface area contributed by atoms with Gasteiger partial charge in [0.25, 0.3) is 11.5 Å². The van der Waals surface area contributed by atoms with Crippen LogP contribution in [0.3, 0.4) is 0 Å². The first-order chi connectivity index (χ1) is 12.0. The number of hydrogen-bond acceptors (Lipinski definition) is 4. The molecule has 0 spiro atoms. The minimum Gasteiger partial charge on any atom is -0.337 e. The number of hydrogen-bond donors (Lipinski definition) is 1. The van der Waals surface area contributed by atoms with Crippen molar-refractivity contribution in [2.24, 2.45) is 14.1 Å². The van der Waals surface area contributed by atoms with Crippen LogP contribution in [0.1, 0.15) is 27.9 Å². The molecule has 0 aliphatic rings. The van der Waals surface area contributed by atoms with E-state index in [0.717, 1.165) is 10.2 Å². The van der Waals surface area contributed by atoms with E-state index in [1.54, 1.807) is 24.5 Å². The summed E-state index contributed by atoms with van der Waals surface area (Å²) in [6.45, 7) is 0. The second-order valence-electron chi connectivity index (χ2n) is 5.53. The average Bonchev–Trinajstić information content (AvgIpc) is 3.01. The number of benzene rings is 1. The van der Waals surface area contributed by atoms with Crippen molar-refractivity contribution in [2.45, 2.75) is 6.04 Å². The van der Waals surface area contributed by atoms with E-state index < -0.39 is 11.9 Å². The van der Waals surface area contributed by atoms with Crippen molar-refractivity contribution in [1.82, 2.24) is 24.6 Å². The Hall–Kier alpha value is -2.93. The van der Waals surface area contributed by atoms with Gasteiger partial charge in [-0.2, -0.15) is 5.10 Å². The maximum absolute atomic E-state index is 12.6. The highest BCUT2D eigenvalue weighted by molar-refractivity contribution is 6.30. The molecular weight excluding hydrogens is 342 g/mol. The molecule has 0 aliphatic carbocycles. The van der Waals surface area contributed by atoms with Crippen LogP contribution in [0.25, 0.3) is 0 Å². The predicted octanol–water partition coefficient (Wildman–Crippen LogP) is 1.69. The lowest BCUT2D eigenvalue weighted by Crippen LogP contribution is -2.33. The molecule has 1 amide bonds. The molecule has 1 N–H and O–H groups in total. The van der Waals surface area contributed by atoms with Gasteiger partial charge < -0.3 is 9.88 Å². The van der Waals surface area contributed by atoms with Gasteiger partial charge in [0.1, 0.15) is 17.6 Å². The molecule has 2 aromatic heterocycles. The molecule has 1 atom stereocenters. The molecule has 0 aliphatic heterocycles. The number of halogens is 1. The number of imidazole rings is 1. The van der Waals surface area contributed by atoms with Crippen LogP contribution in [0.5, 0.6) is 0 Å². The molecule has 1 aromatic carbocycles. The summed E-state index contributed by atoms with van der Waals surface area (Å²) in [7, 11) is 3.34. The summed E-state index contributed by atoms with van der Waals surface area (Å²) in [4.78, 5) is 28.4. The minimum atomic E-state index is -0.483. The zero-order valence-electron chi connectivity index (χ0n) is 13.7. The summed E-state index contributed by atoms with van der Waals surface area (Å²) in [6.07, 6.45) is 3.46. The lowest BCUT2D eigenvalue weighted by Gasteiger charge is -2.19. The number of aromatic nitrogens is 4. The second-order valence-corrected chi connectivity index (χ2v) is 5.97. The summed E-state index contributed by atoms with van der Waals surface area (Å²) < 4.78 is 2.95. The fourth-order valence-corrected chi connectivity index (χ4v) is 2.56. The molecular formula is C17H16ClN5O2. The first kappa shape index (κ1) is 16.9. The molecule has 0 bridgehead atoms. The van der Waals surface area contributed by atoms with Crippen molar-refractivity contribution in [1.29, 1.82) is 0 Å². The molecule has 25 heavy (non-hydrogen) atoms. The molecule has 128 valence electrons. The standard InChI is InChI=1S/C17H16ClN5O2/c1-22-10-9-19-16(22)15(11-3-5-12(18)6-4-11)20-17(25)13-7-8-14(24)23(2)21-13/h3-10,15H,1-2H3,(H,20,25). The van der Waals surface area contributed by atoms with Gasteiger partial charge in [-0.15, -0.1) is 0 Å². The molecule has 3 rings (SSSR count). The fourth-order valence-electron chi connectivity index (χ4n) is 2.44. The van der Waals surface area contributed by atoms with Crippen LogP contribution < -0.4 is 10.9 Å². The molecule has 0 radical (unpaired) electrons. The summed E-state index contributed by atoms with van der Waals surface area (Å²) in [5.74, 6) is 0.263. The van der Waals surface area contributed by atoms with Crippen LogP contribution in [0.15, 0.2) is 53.6 Å². The highest BCUT2D eigenvalue weighted by Crippen LogP contribution is 2.22.